The van der Waals surface area contributed by atoms with Crippen molar-refractivity contribution >= 4 is 10.8 Å². The predicted molar refractivity (Wildman–Crippen MR) is 74.7 cm³/mol. The first-order valence-corrected chi connectivity index (χ1v) is 6.17. The number of H-pyrrole nitrogens is 1. The van der Waals surface area contributed by atoms with E-state index in [1.165, 1.54) is 10.9 Å². The smallest absolute Gasteiger partial charge is 0.129 e. The van der Waals surface area contributed by atoms with Gasteiger partial charge in [0.2, 0.25) is 0 Å². The van der Waals surface area contributed by atoms with Gasteiger partial charge in [-0.05, 0) is 29.3 Å². The number of imidazole rings is 1. The summed E-state index contributed by atoms with van der Waals surface area (Å²) in [6.07, 6.45) is 3.41. The van der Waals surface area contributed by atoms with Gasteiger partial charge in [0.1, 0.15) is 11.7 Å². The molecule has 3 nitrogen and oxygen atoms in total. The standard InChI is InChI=1S/C16H13N3/c1-11-2-3-13-9-14(5-4-12(13)8-11)15(10-17)16-18-6-7-19-16/h2-9,15H,1H3,(H,18,19). The number of rotatable bonds is 2. The lowest BCUT2D eigenvalue weighted by Crippen LogP contribution is -2.00. The van der Waals surface area contributed by atoms with Crippen LogP contribution in [0.1, 0.15) is 22.9 Å². The molecule has 0 amide bonds. The van der Waals surface area contributed by atoms with Crippen molar-refractivity contribution in [1.82, 2.24) is 9.97 Å². The zero-order chi connectivity index (χ0) is 13.2. The molecule has 3 heteroatoms. The van der Waals surface area contributed by atoms with Crippen LogP contribution >= 0.6 is 0 Å². The summed E-state index contributed by atoms with van der Waals surface area (Å²) in [6, 6.07) is 14.7. The molecule has 0 fully saturated rings. The van der Waals surface area contributed by atoms with E-state index in [1.54, 1.807) is 12.4 Å². The van der Waals surface area contributed by atoms with Crippen molar-refractivity contribution in [3.8, 4) is 6.07 Å². The maximum Gasteiger partial charge on any atom is 0.129 e. The van der Waals surface area contributed by atoms with Crippen molar-refractivity contribution in [3.05, 3.63) is 65.7 Å². The van der Waals surface area contributed by atoms with Gasteiger partial charge in [0, 0.05) is 12.4 Å². The third-order valence-electron chi connectivity index (χ3n) is 3.28. The van der Waals surface area contributed by atoms with Gasteiger partial charge in [0.25, 0.3) is 0 Å². The number of aromatic nitrogens is 2. The lowest BCUT2D eigenvalue weighted by molar-refractivity contribution is 0.929. The number of aryl methyl sites for hydroxylation is 1. The Hall–Kier alpha value is -2.60. The minimum Gasteiger partial charge on any atom is -0.347 e. The van der Waals surface area contributed by atoms with Crippen LogP contribution in [0.3, 0.4) is 0 Å². The van der Waals surface area contributed by atoms with Gasteiger partial charge >= 0.3 is 0 Å². The third-order valence-corrected chi connectivity index (χ3v) is 3.28. The van der Waals surface area contributed by atoms with Crippen molar-refractivity contribution < 1.29 is 0 Å². The Labute approximate surface area is 111 Å². The van der Waals surface area contributed by atoms with E-state index in [9.17, 15) is 5.26 Å². The second-order valence-corrected chi connectivity index (χ2v) is 4.65. The molecule has 3 rings (SSSR count). The second kappa shape index (κ2) is 4.58. The predicted octanol–water partition coefficient (Wildman–Crippen LogP) is 3.53. The topological polar surface area (TPSA) is 52.5 Å². The van der Waals surface area contributed by atoms with E-state index < -0.39 is 0 Å². The molecule has 3 aromatic rings. The van der Waals surface area contributed by atoms with Crippen molar-refractivity contribution in [2.75, 3.05) is 0 Å². The Morgan fingerprint density at radius 2 is 1.95 bits per heavy atom. The number of nitrogens with one attached hydrogen (secondary N) is 1. The summed E-state index contributed by atoms with van der Waals surface area (Å²) in [7, 11) is 0. The molecule has 0 radical (unpaired) electrons. The zero-order valence-electron chi connectivity index (χ0n) is 10.6. The summed E-state index contributed by atoms with van der Waals surface area (Å²) >= 11 is 0. The SMILES string of the molecule is Cc1ccc2cc(C(C#N)c3ncc[nH]3)ccc2c1. The number of hydrogen-bond donors (Lipinski definition) is 1. The highest BCUT2D eigenvalue weighted by molar-refractivity contribution is 5.84. The maximum absolute atomic E-state index is 9.36. The van der Waals surface area contributed by atoms with E-state index in [2.05, 4.69) is 53.3 Å². The molecule has 0 bridgehead atoms. The highest BCUT2D eigenvalue weighted by atomic mass is 14.9. The third kappa shape index (κ3) is 2.09. The number of aromatic amines is 1. The van der Waals surface area contributed by atoms with Crippen molar-refractivity contribution in [3.63, 3.8) is 0 Å². The molecule has 19 heavy (non-hydrogen) atoms. The fraction of sp³-hybridized carbons (Fsp3) is 0.125. The number of benzene rings is 2. The minimum absolute atomic E-state index is 0.347. The van der Waals surface area contributed by atoms with Gasteiger partial charge in [-0.1, -0.05) is 35.9 Å². The fourth-order valence-corrected chi connectivity index (χ4v) is 2.29. The zero-order valence-corrected chi connectivity index (χ0v) is 10.6. The molecule has 92 valence electrons. The minimum atomic E-state index is -0.347. The Morgan fingerprint density at radius 3 is 2.68 bits per heavy atom. The van der Waals surface area contributed by atoms with Crippen molar-refractivity contribution in [2.45, 2.75) is 12.8 Å². The van der Waals surface area contributed by atoms with E-state index in [0.29, 0.717) is 5.82 Å². The van der Waals surface area contributed by atoms with Crippen LogP contribution in [0.2, 0.25) is 0 Å². The molecular weight excluding hydrogens is 234 g/mol. The van der Waals surface area contributed by atoms with Crippen LogP contribution in [-0.2, 0) is 0 Å². The fourth-order valence-electron chi connectivity index (χ4n) is 2.29. The van der Waals surface area contributed by atoms with Gasteiger partial charge in [-0.2, -0.15) is 5.26 Å². The van der Waals surface area contributed by atoms with Gasteiger partial charge in [0.15, 0.2) is 0 Å². The van der Waals surface area contributed by atoms with E-state index >= 15 is 0 Å². The molecule has 2 aromatic carbocycles. The van der Waals surface area contributed by atoms with Gasteiger partial charge in [0.05, 0.1) is 6.07 Å². The Kier molecular flexibility index (Phi) is 2.77. The quantitative estimate of drug-likeness (QED) is 0.753. The summed E-state index contributed by atoms with van der Waals surface area (Å²) in [5, 5.41) is 11.7. The first kappa shape index (κ1) is 11.5. The molecule has 0 saturated heterocycles. The van der Waals surface area contributed by atoms with Gasteiger partial charge in [-0.25, -0.2) is 4.98 Å². The molecule has 1 heterocycles. The summed E-state index contributed by atoms with van der Waals surface area (Å²) in [4.78, 5) is 7.19. The average molecular weight is 247 g/mol. The molecule has 0 spiro atoms. The van der Waals surface area contributed by atoms with E-state index in [0.717, 1.165) is 10.9 Å². The lowest BCUT2D eigenvalue weighted by atomic mass is 9.96. The molecule has 0 saturated carbocycles. The molecule has 1 atom stereocenters. The molecule has 1 N–H and O–H groups in total. The number of hydrogen-bond acceptors (Lipinski definition) is 2. The highest BCUT2D eigenvalue weighted by Gasteiger charge is 2.15. The first-order chi connectivity index (χ1) is 9.28. The van der Waals surface area contributed by atoms with Crippen LogP contribution in [0.15, 0.2) is 48.8 Å². The van der Waals surface area contributed by atoms with Crippen molar-refractivity contribution in [2.24, 2.45) is 0 Å². The Balaban J connectivity index is 2.10. The van der Waals surface area contributed by atoms with Crippen LogP contribution in [-0.4, -0.2) is 9.97 Å². The van der Waals surface area contributed by atoms with E-state index in [1.807, 2.05) is 6.07 Å². The van der Waals surface area contributed by atoms with Crippen LogP contribution in [0.25, 0.3) is 10.8 Å². The summed E-state index contributed by atoms with van der Waals surface area (Å²) in [6.45, 7) is 2.08. The molecule has 0 aliphatic heterocycles. The van der Waals surface area contributed by atoms with Gasteiger partial charge in [-0.3, -0.25) is 0 Å². The summed E-state index contributed by atoms with van der Waals surface area (Å²) in [5.41, 5.74) is 2.21. The first-order valence-electron chi connectivity index (χ1n) is 6.17. The van der Waals surface area contributed by atoms with Crippen molar-refractivity contribution in [1.29, 1.82) is 5.26 Å². The molecule has 1 aromatic heterocycles. The Bertz CT molecular complexity index is 751. The van der Waals surface area contributed by atoms with Crippen LogP contribution in [0.5, 0.6) is 0 Å². The number of nitrogens with zero attached hydrogens (tertiary/aromatic N) is 2. The molecule has 0 aliphatic carbocycles. The second-order valence-electron chi connectivity index (χ2n) is 4.65. The largest absolute Gasteiger partial charge is 0.347 e. The molecule has 1 unspecified atom stereocenters. The van der Waals surface area contributed by atoms with Gasteiger partial charge in [-0.15, -0.1) is 0 Å². The van der Waals surface area contributed by atoms with E-state index in [4.69, 9.17) is 0 Å². The monoisotopic (exact) mass is 247 g/mol. The van der Waals surface area contributed by atoms with Crippen LogP contribution in [0.4, 0.5) is 0 Å². The summed E-state index contributed by atoms with van der Waals surface area (Å²) < 4.78 is 0. The number of fused-ring (bicyclic) bond motifs is 1. The lowest BCUT2D eigenvalue weighted by Gasteiger charge is -2.08. The summed E-state index contributed by atoms with van der Waals surface area (Å²) in [5.74, 6) is 0.342. The molecular formula is C16H13N3. The van der Waals surface area contributed by atoms with Gasteiger partial charge < -0.3 is 4.98 Å². The Morgan fingerprint density at radius 1 is 1.16 bits per heavy atom. The number of nitriles is 1. The maximum atomic E-state index is 9.36. The van der Waals surface area contributed by atoms with E-state index in [-0.39, 0.29) is 5.92 Å². The molecule has 0 aliphatic rings. The van der Waals surface area contributed by atoms with Crippen LogP contribution in [0, 0.1) is 18.3 Å². The average Bonchev–Trinajstić information content (AvgIpc) is 2.93. The highest BCUT2D eigenvalue weighted by Crippen LogP contribution is 2.25. The normalized spacial score (nSPS) is 12.2. The van der Waals surface area contributed by atoms with Crippen LogP contribution < -0.4 is 0 Å².